The smallest absolute Gasteiger partial charge is 0.265 e. The molecule has 0 spiro atoms. The van der Waals surface area contributed by atoms with Crippen LogP contribution in [0.1, 0.15) is 12.5 Å². The van der Waals surface area contributed by atoms with Gasteiger partial charge in [0.15, 0.2) is 6.10 Å². The lowest BCUT2D eigenvalue weighted by Gasteiger charge is -2.24. The van der Waals surface area contributed by atoms with Gasteiger partial charge in [0.2, 0.25) is 0 Å². The first-order valence-electron chi connectivity index (χ1n) is 6.92. The Morgan fingerprint density at radius 1 is 1.35 bits per heavy atom. The van der Waals surface area contributed by atoms with E-state index in [9.17, 15) is 13.2 Å². The lowest BCUT2D eigenvalue weighted by Crippen LogP contribution is -2.34. The number of pyridine rings is 1. The molecule has 1 amide bonds. The summed E-state index contributed by atoms with van der Waals surface area (Å²) >= 11 is 0. The molecule has 2 N–H and O–H groups in total. The Morgan fingerprint density at radius 2 is 2.13 bits per heavy atom. The molecule has 0 radical (unpaired) electrons. The third kappa shape index (κ3) is 2.98. The molecule has 0 saturated heterocycles. The number of anilines is 2. The van der Waals surface area contributed by atoms with E-state index in [4.69, 9.17) is 4.74 Å². The molecule has 1 atom stereocenters. The van der Waals surface area contributed by atoms with Crippen LogP contribution in [-0.4, -0.2) is 25.4 Å². The maximum absolute atomic E-state index is 12.6. The largest absolute Gasteiger partial charge is 0.479 e. The summed E-state index contributed by atoms with van der Waals surface area (Å²) in [7, 11) is -3.79. The minimum absolute atomic E-state index is 0.0865. The lowest BCUT2D eigenvalue weighted by atomic mass is 10.1. The van der Waals surface area contributed by atoms with Gasteiger partial charge in [-0.2, -0.15) is 0 Å². The average Bonchev–Trinajstić information content (AvgIpc) is 2.49. The highest BCUT2D eigenvalue weighted by Crippen LogP contribution is 2.34. The summed E-state index contributed by atoms with van der Waals surface area (Å²) in [5.41, 5.74) is 1.33. The van der Waals surface area contributed by atoms with Gasteiger partial charge in [0.1, 0.15) is 5.75 Å². The van der Waals surface area contributed by atoms with Crippen molar-refractivity contribution in [3.8, 4) is 5.75 Å². The molecule has 1 aliphatic heterocycles. The molecular weight excluding hydrogens is 318 g/mol. The lowest BCUT2D eigenvalue weighted by molar-refractivity contribution is -0.122. The van der Waals surface area contributed by atoms with Crippen LogP contribution in [0.4, 0.5) is 11.4 Å². The molecule has 120 valence electrons. The van der Waals surface area contributed by atoms with Crippen molar-refractivity contribution in [1.29, 1.82) is 0 Å². The van der Waals surface area contributed by atoms with E-state index in [1.165, 1.54) is 12.3 Å². The number of nitrogens with zero attached hydrogens (tertiary/aromatic N) is 1. The molecule has 23 heavy (non-hydrogen) atoms. The predicted molar refractivity (Wildman–Crippen MR) is 84.9 cm³/mol. The second-order valence-electron chi connectivity index (χ2n) is 5.21. The number of carbonyl (C=O) groups is 1. The van der Waals surface area contributed by atoms with Gasteiger partial charge in [-0.1, -0.05) is 0 Å². The Morgan fingerprint density at radius 3 is 2.83 bits per heavy atom. The predicted octanol–water partition coefficient (Wildman–Crippen LogP) is 1.91. The summed E-state index contributed by atoms with van der Waals surface area (Å²) in [4.78, 5) is 15.6. The first-order chi connectivity index (χ1) is 10.9. The van der Waals surface area contributed by atoms with Crippen LogP contribution < -0.4 is 14.8 Å². The minimum Gasteiger partial charge on any atom is -0.479 e. The average molecular weight is 333 g/mol. The molecule has 0 saturated carbocycles. The van der Waals surface area contributed by atoms with Gasteiger partial charge in [-0.15, -0.1) is 0 Å². The van der Waals surface area contributed by atoms with Crippen molar-refractivity contribution >= 4 is 27.3 Å². The zero-order valence-corrected chi connectivity index (χ0v) is 13.3. The van der Waals surface area contributed by atoms with Crippen molar-refractivity contribution in [2.45, 2.75) is 24.8 Å². The van der Waals surface area contributed by atoms with E-state index < -0.39 is 16.1 Å². The Kier molecular flexibility index (Phi) is 3.69. The summed E-state index contributed by atoms with van der Waals surface area (Å²) in [5, 5.41) is 2.69. The van der Waals surface area contributed by atoms with E-state index in [1.807, 2.05) is 0 Å². The summed E-state index contributed by atoms with van der Waals surface area (Å²) in [6.45, 7) is 3.25. The van der Waals surface area contributed by atoms with Crippen LogP contribution in [0.2, 0.25) is 0 Å². The number of hydrogen-bond acceptors (Lipinski definition) is 5. The van der Waals surface area contributed by atoms with Crippen molar-refractivity contribution in [1.82, 2.24) is 4.98 Å². The van der Waals surface area contributed by atoms with Crippen molar-refractivity contribution in [3.63, 3.8) is 0 Å². The standard InChI is InChI=1S/C15H15N3O4S/c1-9-6-12-13(22-10(2)15(19)17-12)7-14(9)23(20,21)18-11-4-3-5-16-8-11/h3-8,10,18H,1-2H3,(H,17,19). The quantitative estimate of drug-likeness (QED) is 0.894. The van der Waals surface area contributed by atoms with E-state index in [2.05, 4.69) is 15.0 Å². The second-order valence-corrected chi connectivity index (χ2v) is 6.86. The van der Waals surface area contributed by atoms with Gasteiger partial charge >= 0.3 is 0 Å². The van der Waals surface area contributed by atoms with Gasteiger partial charge in [0.05, 0.1) is 22.5 Å². The molecule has 1 aliphatic rings. The minimum atomic E-state index is -3.79. The highest BCUT2D eigenvalue weighted by Gasteiger charge is 2.27. The summed E-state index contributed by atoms with van der Waals surface area (Å²) in [6, 6.07) is 6.24. The first kappa shape index (κ1) is 15.3. The maximum atomic E-state index is 12.6. The number of aromatic nitrogens is 1. The van der Waals surface area contributed by atoms with E-state index in [0.29, 0.717) is 22.7 Å². The SMILES string of the molecule is Cc1cc2c(cc1S(=O)(=O)Nc1cccnc1)OC(C)C(=O)N2. The molecule has 0 bridgehead atoms. The Balaban J connectivity index is 2.00. The Labute approximate surface area is 133 Å². The number of rotatable bonds is 3. The normalized spacial score (nSPS) is 17.0. The molecule has 2 heterocycles. The van der Waals surface area contributed by atoms with Crippen LogP contribution in [0, 0.1) is 6.92 Å². The van der Waals surface area contributed by atoms with Crippen LogP contribution in [0.25, 0.3) is 0 Å². The van der Waals surface area contributed by atoms with E-state index in [1.54, 1.807) is 38.2 Å². The third-order valence-corrected chi connectivity index (χ3v) is 4.93. The number of nitrogens with one attached hydrogen (secondary N) is 2. The summed E-state index contributed by atoms with van der Waals surface area (Å²) in [5.74, 6) is 0.0650. The van der Waals surface area contributed by atoms with Crippen molar-refractivity contribution in [2.24, 2.45) is 0 Å². The number of hydrogen-bond donors (Lipinski definition) is 2. The molecule has 2 aromatic rings. The van der Waals surface area contributed by atoms with Crippen LogP contribution in [-0.2, 0) is 14.8 Å². The maximum Gasteiger partial charge on any atom is 0.265 e. The number of aryl methyl sites for hydroxylation is 1. The Hall–Kier alpha value is -2.61. The molecule has 0 fully saturated rings. The highest BCUT2D eigenvalue weighted by molar-refractivity contribution is 7.92. The number of fused-ring (bicyclic) bond motifs is 1. The molecule has 8 heteroatoms. The van der Waals surface area contributed by atoms with Gasteiger partial charge in [-0.25, -0.2) is 8.42 Å². The molecule has 0 aliphatic carbocycles. The monoisotopic (exact) mass is 333 g/mol. The van der Waals surface area contributed by atoms with E-state index >= 15 is 0 Å². The summed E-state index contributed by atoms with van der Waals surface area (Å²) in [6.07, 6.45) is 2.30. The van der Waals surface area contributed by atoms with Crippen LogP contribution in [0.5, 0.6) is 5.75 Å². The molecule has 3 rings (SSSR count). The molecule has 1 aromatic heterocycles. The van der Waals surface area contributed by atoms with Gasteiger partial charge in [-0.05, 0) is 37.6 Å². The van der Waals surface area contributed by atoms with Crippen molar-refractivity contribution < 1.29 is 17.9 Å². The second kappa shape index (κ2) is 5.54. The van der Waals surface area contributed by atoms with Crippen LogP contribution in [0.3, 0.4) is 0 Å². The van der Waals surface area contributed by atoms with E-state index in [0.717, 1.165) is 0 Å². The van der Waals surface area contributed by atoms with Gasteiger partial charge in [0, 0.05) is 12.3 Å². The first-order valence-corrected chi connectivity index (χ1v) is 8.40. The van der Waals surface area contributed by atoms with Gasteiger partial charge in [0.25, 0.3) is 15.9 Å². The van der Waals surface area contributed by atoms with Gasteiger partial charge < -0.3 is 10.1 Å². The van der Waals surface area contributed by atoms with Crippen LogP contribution >= 0.6 is 0 Å². The topological polar surface area (TPSA) is 97.4 Å². The number of ether oxygens (including phenoxy) is 1. The Bertz CT molecular complexity index is 866. The van der Waals surface area contributed by atoms with Crippen LogP contribution in [0.15, 0.2) is 41.6 Å². The molecule has 1 aromatic carbocycles. The van der Waals surface area contributed by atoms with Gasteiger partial charge in [-0.3, -0.25) is 14.5 Å². The fourth-order valence-corrected chi connectivity index (χ4v) is 3.55. The van der Waals surface area contributed by atoms with Crippen molar-refractivity contribution in [2.75, 3.05) is 10.0 Å². The highest BCUT2D eigenvalue weighted by atomic mass is 32.2. The number of amides is 1. The number of sulfonamides is 1. The number of benzene rings is 1. The molecule has 7 nitrogen and oxygen atoms in total. The zero-order chi connectivity index (χ0) is 16.6. The van der Waals surface area contributed by atoms with Crippen molar-refractivity contribution in [3.05, 3.63) is 42.2 Å². The zero-order valence-electron chi connectivity index (χ0n) is 12.5. The van der Waals surface area contributed by atoms with E-state index in [-0.39, 0.29) is 10.8 Å². The number of carbonyl (C=O) groups excluding carboxylic acids is 1. The fraction of sp³-hybridized carbons (Fsp3) is 0.200. The summed E-state index contributed by atoms with van der Waals surface area (Å²) < 4.78 is 33.1. The molecular formula is C15H15N3O4S. The molecule has 1 unspecified atom stereocenters. The fourth-order valence-electron chi connectivity index (χ4n) is 2.27. The third-order valence-electron chi connectivity index (χ3n) is 3.41.